The van der Waals surface area contributed by atoms with Crippen molar-refractivity contribution in [3.05, 3.63) is 46.2 Å². The van der Waals surface area contributed by atoms with Crippen molar-refractivity contribution in [3.8, 4) is 0 Å². The standard InChI is InChI=1S/C21H23NO6S/c1-13-7-16-15(11-28-17(16)8-14(13)2)9-21(25)27-6-4-5-22-18(23)12-29-19(22)10-20(24)26-3/h7-8,10-11H,4-6,9,12H2,1-3H3/b19-10+. The summed E-state index contributed by atoms with van der Waals surface area (Å²) >= 11 is 1.29. The number of nitrogens with zero attached hydrogens (tertiary/aromatic N) is 1. The molecule has 0 radical (unpaired) electrons. The van der Waals surface area contributed by atoms with Crippen LogP contribution in [-0.2, 0) is 30.3 Å². The summed E-state index contributed by atoms with van der Waals surface area (Å²) in [5, 5.41) is 1.48. The topological polar surface area (TPSA) is 86.0 Å². The van der Waals surface area contributed by atoms with Crippen molar-refractivity contribution < 1.29 is 28.3 Å². The molecular weight excluding hydrogens is 394 g/mol. The molecule has 2 aromatic rings. The molecular formula is C21H23NO6S. The number of benzene rings is 1. The van der Waals surface area contributed by atoms with E-state index in [0.29, 0.717) is 18.0 Å². The number of thioether (sulfide) groups is 1. The molecule has 8 heteroatoms. The van der Waals surface area contributed by atoms with Crippen LogP contribution in [0.4, 0.5) is 0 Å². The molecule has 3 rings (SSSR count). The van der Waals surface area contributed by atoms with Gasteiger partial charge in [0.1, 0.15) is 5.58 Å². The van der Waals surface area contributed by atoms with Gasteiger partial charge in [0.25, 0.3) is 0 Å². The number of fused-ring (bicyclic) bond motifs is 1. The van der Waals surface area contributed by atoms with Gasteiger partial charge in [0.2, 0.25) is 5.91 Å². The Morgan fingerprint density at radius 2 is 2.03 bits per heavy atom. The molecule has 0 saturated carbocycles. The van der Waals surface area contributed by atoms with Crippen LogP contribution in [0.25, 0.3) is 11.0 Å². The minimum absolute atomic E-state index is 0.0768. The molecule has 1 saturated heterocycles. The highest BCUT2D eigenvalue weighted by Crippen LogP contribution is 2.29. The molecule has 0 bridgehead atoms. The molecule has 7 nitrogen and oxygen atoms in total. The van der Waals surface area contributed by atoms with Crippen LogP contribution >= 0.6 is 11.8 Å². The van der Waals surface area contributed by atoms with Crippen LogP contribution < -0.4 is 0 Å². The summed E-state index contributed by atoms with van der Waals surface area (Å²) in [7, 11) is 1.29. The molecule has 1 aromatic heterocycles. The fraction of sp³-hybridized carbons (Fsp3) is 0.381. The van der Waals surface area contributed by atoms with Gasteiger partial charge in [-0.1, -0.05) is 11.8 Å². The lowest BCUT2D eigenvalue weighted by atomic mass is 10.0. The van der Waals surface area contributed by atoms with Crippen LogP contribution in [0.2, 0.25) is 0 Å². The van der Waals surface area contributed by atoms with E-state index in [1.807, 2.05) is 26.0 Å². The Bertz CT molecular complexity index is 977. The molecule has 0 unspecified atom stereocenters. The summed E-state index contributed by atoms with van der Waals surface area (Å²) in [4.78, 5) is 37.1. The van der Waals surface area contributed by atoms with Crippen LogP contribution in [0.5, 0.6) is 0 Å². The number of furan rings is 1. The van der Waals surface area contributed by atoms with Crippen molar-refractivity contribution in [1.82, 2.24) is 4.90 Å². The third-order valence-corrected chi connectivity index (χ3v) is 5.77. The van der Waals surface area contributed by atoms with E-state index in [1.54, 1.807) is 6.26 Å². The van der Waals surface area contributed by atoms with Crippen LogP contribution in [0.1, 0.15) is 23.1 Å². The predicted octanol–water partition coefficient (Wildman–Crippen LogP) is 3.12. The van der Waals surface area contributed by atoms with E-state index in [4.69, 9.17) is 9.15 Å². The smallest absolute Gasteiger partial charge is 0.333 e. The fourth-order valence-corrected chi connectivity index (χ4v) is 3.97. The lowest BCUT2D eigenvalue weighted by molar-refractivity contribution is -0.143. The highest BCUT2D eigenvalue weighted by Gasteiger charge is 2.27. The van der Waals surface area contributed by atoms with Gasteiger partial charge in [-0.3, -0.25) is 9.59 Å². The molecule has 0 spiro atoms. The quantitative estimate of drug-likeness (QED) is 0.389. The fourth-order valence-electron chi connectivity index (χ4n) is 3.02. The van der Waals surface area contributed by atoms with Gasteiger partial charge in [-0.25, -0.2) is 4.79 Å². The number of hydrogen-bond donors (Lipinski definition) is 0. The molecule has 1 amide bonds. The van der Waals surface area contributed by atoms with Gasteiger partial charge in [0.15, 0.2) is 0 Å². The molecule has 2 heterocycles. The average molecular weight is 417 g/mol. The number of ether oxygens (including phenoxy) is 2. The number of carbonyl (C=O) groups is 3. The lowest BCUT2D eigenvalue weighted by Gasteiger charge is -2.16. The van der Waals surface area contributed by atoms with Crippen molar-refractivity contribution >= 4 is 40.6 Å². The van der Waals surface area contributed by atoms with Crippen molar-refractivity contribution in [2.45, 2.75) is 26.7 Å². The van der Waals surface area contributed by atoms with Gasteiger partial charge >= 0.3 is 11.9 Å². The van der Waals surface area contributed by atoms with Crippen molar-refractivity contribution in [1.29, 1.82) is 0 Å². The molecule has 154 valence electrons. The second kappa shape index (κ2) is 9.17. The predicted molar refractivity (Wildman–Crippen MR) is 109 cm³/mol. The molecule has 1 aliphatic heterocycles. The first-order valence-corrected chi connectivity index (χ1v) is 10.2. The van der Waals surface area contributed by atoms with E-state index in [2.05, 4.69) is 4.74 Å². The summed E-state index contributed by atoms with van der Waals surface area (Å²) in [6, 6.07) is 3.98. The van der Waals surface area contributed by atoms with Crippen LogP contribution in [0.3, 0.4) is 0 Å². The molecule has 1 aromatic carbocycles. The number of aryl methyl sites for hydroxylation is 2. The van der Waals surface area contributed by atoms with Gasteiger partial charge < -0.3 is 18.8 Å². The van der Waals surface area contributed by atoms with Crippen molar-refractivity contribution in [3.63, 3.8) is 0 Å². The monoisotopic (exact) mass is 417 g/mol. The number of esters is 2. The lowest BCUT2D eigenvalue weighted by Crippen LogP contribution is -2.27. The number of hydrogen-bond acceptors (Lipinski definition) is 7. The van der Waals surface area contributed by atoms with Gasteiger partial charge in [0.05, 0.1) is 43.3 Å². The first kappa shape index (κ1) is 21.0. The maximum Gasteiger partial charge on any atom is 0.333 e. The maximum atomic E-state index is 12.2. The minimum Gasteiger partial charge on any atom is -0.466 e. The Balaban J connectivity index is 1.50. The van der Waals surface area contributed by atoms with E-state index in [1.165, 1.54) is 29.8 Å². The van der Waals surface area contributed by atoms with E-state index >= 15 is 0 Å². The number of methoxy groups -OCH3 is 1. The van der Waals surface area contributed by atoms with Crippen LogP contribution in [0, 0.1) is 13.8 Å². The van der Waals surface area contributed by atoms with Gasteiger partial charge in [-0.05, 0) is 43.5 Å². The Labute approximate surface area is 173 Å². The zero-order chi connectivity index (χ0) is 21.0. The maximum absolute atomic E-state index is 12.2. The van der Waals surface area contributed by atoms with Gasteiger partial charge in [-0.15, -0.1) is 0 Å². The number of carbonyl (C=O) groups excluding carboxylic acids is 3. The van der Waals surface area contributed by atoms with Crippen LogP contribution in [0.15, 0.2) is 33.9 Å². The highest BCUT2D eigenvalue weighted by atomic mass is 32.2. The SMILES string of the molecule is COC(=O)/C=C1/SCC(=O)N1CCCOC(=O)Cc1coc2cc(C)c(C)cc12. The van der Waals surface area contributed by atoms with Crippen LogP contribution in [-0.4, -0.2) is 48.8 Å². The van der Waals surface area contributed by atoms with E-state index < -0.39 is 5.97 Å². The average Bonchev–Trinajstić information content (AvgIpc) is 3.23. The first-order valence-electron chi connectivity index (χ1n) is 9.24. The minimum atomic E-state index is -0.503. The number of rotatable bonds is 7. The van der Waals surface area contributed by atoms with E-state index in [9.17, 15) is 14.4 Å². The summed E-state index contributed by atoms with van der Waals surface area (Å²) in [6.45, 7) is 4.59. The van der Waals surface area contributed by atoms with Gasteiger partial charge in [0, 0.05) is 17.5 Å². The molecule has 0 N–H and O–H groups in total. The highest BCUT2D eigenvalue weighted by molar-refractivity contribution is 8.04. The summed E-state index contributed by atoms with van der Waals surface area (Å²) < 4.78 is 15.5. The molecule has 1 fully saturated rings. The third kappa shape index (κ3) is 5.00. The molecule has 29 heavy (non-hydrogen) atoms. The molecule has 0 aliphatic carbocycles. The zero-order valence-corrected chi connectivity index (χ0v) is 17.5. The Kier molecular flexibility index (Phi) is 6.64. The van der Waals surface area contributed by atoms with E-state index in [0.717, 1.165) is 27.7 Å². The van der Waals surface area contributed by atoms with Crippen molar-refractivity contribution in [2.24, 2.45) is 0 Å². The summed E-state index contributed by atoms with van der Waals surface area (Å²) in [5.74, 6) is -0.642. The molecule has 1 aliphatic rings. The Hall–Kier alpha value is -2.74. The summed E-state index contributed by atoms with van der Waals surface area (Å²) in [6.07, 6.45) is 3.49. The largest absolute Gasteiger partial charge is 0.466 e. The Morgan fingerprint density at radius 3 is 2.79 bits per heavy atom. The second-order valence-corrected chi connectivity index (χ2v) is 7.78. The van der Waals surface area contributed by atoms with Gasteiger partial charge in [-0.2, -0.15) is 0 Å². The molecule has 0 atom stereocenters. The van der Waals surface area contributed by atoms with E-state index in [-0.39, 0.29) is 30.7 Å². The Morgan fingerprint density at radius 1 is 1.28 bits per heavy atom. The first-order chi connectivity index (χ1) is 13.9. The third-order valence-electron chi connectivity index (χ3n) is 4.75. The zero-order valence-electron chi connectivity index (χ0n) is 16.6. The normalized spacial score (nSPS) is 15.3. The summed E-state index contributed by atoms with van der Waals surface area (Å²) in [5.41, 5.74) is 3.82. The second-order valence-electron chi connectivity index (χ2n) is 6.78. The number of amides is 1. The van der Waals surface area contributed by atoms with Crippen molar-refractivity contribution in [2.75, 3.05) is 26.0 Å².